The molecule has 0 saturated carbocycles. The van der Waals surface area contributed by atoms with Crippen LogP contribution in [0.5, 0.6) is 0 Å². The lowest BCUT2D eigenvalue weighted by Gasteiger charge is -2.09. The highest BCUT2D eigenvalue weighted by atomic mass is 15.0. The fourth-order valence-electron chi connectivity index (χ4n) is 3.06. The lowest BCUT2D eigenvalue weighted by atomic mass is 9.99. The molecule has 0 aliphatic heterocycles. The van der Waals surface area contributed by atoms with Crippen LogP contribution in [0.1, 0.15) is 5.56 Å². The van der Waals surface area contributed by atoms with Crippen molar-refractivity contribution >= 4 is 10.9 Å². The summed E-state index contributed by atoms with van der Waals surface area (Å²) in [5.41, 5.74) is 5.46. The summed E-state index contributed by atoms with van der Waals surface area (Å²) in [5.74, 6) is 0.695. The van der Waals surface area contributed by atoms with Gasteiger partial charge in [-0.15, -0.1) is 0 Å². The molecular formula is C20H17N4+. The Morgan fingerprint density at radius 2 is 1.54 bits per heavy atom. The van der Waals surface area contributed by atoms with Crippen LogP contribution in [0.25, 0.3) is 33.5 Å². The maximum atomic E-state index is 4.66. The SMILES string of the molecule is Cc1ccccc1-c1c2cccc(-c3ncccn3)c2nc[n+]1C. The first-order valence-corrected chi connectivity index (χ1v) is 7.86. The molecule has 0 atom stereocenters. The summed E-state index contributed by atoms with van der Waals surface area (Å²) >= 11 is 0. The number of nitrogens with zero attached hydrogens (tertiary/aromatic N) is 4. The molecule has 4 rings (SSSR count). The van der Waals surface area contributed by atoms with Crippen LogP contribution >= 0.6 is 0 Å². The Hall–Kier alpha value is -3.14. The van der Waals surface area contributed by atoms with Crippen molar-refractivity contribution in [3.8, 4) is 22.6 Å². The Labute approximate surface area is 140 Å². The number of aromatic nitrogens is 4. The van der Waals surface area contributed by atoms with E-state index in [0.29, 0.717) is 5.82 Å². The fraction of sp³-hybridized carbons (Fsp3) is 0.100. The third-order valence-corrected chi connectivity index (χ3v) is 4.21. The number of fused-ring (bicyclic) bond motifs is 1. The van der Waals surface area contributed by atoms with Gasteiger partial charge in [-0.3, -0.25) is 0 Å². The maximum absolute atomic E-state index is 4.66. The van der Waals surface area contributed by atoms with Gasteiger partial charge in [-0.05, 0) is 35.7 Å². The molecule has 4 nitrogen and oxygen atoms in total. The molecule has 24 heavy (non-hydrogen) atoms. The summed E-state index contributed by atoms with van der Waals surface area (Å²) in [5, 5.41) is 1.10. The molecule has 0 amide bonds. The molecule has 0 bridgehead atoms. The lowest BCUT2D eigenvalue weighted by Crippen LogP contribution is -2.31. The lowest BCUT2D eigenvalue weighted by molar-refractivity contribution is -0.662. The van der Waals surface area contributed by atoms with Gasteiger partial charge in [-0.25, -0.2) is 14.5 Å². The third-order valence-electron chi connectivity index (χ3n) is 4.21. The summed E-state index contributed by atoms with van der Waals surface area (Å²) in [7, 11) is 2.03. The van der Waals surface area contributed by atoms with E-state index in [1.807, 2.05) is 31.6 Å². The van der Waals surface area contributed by atoms with E-state index in [1.165, 1.54) is 11.1 Å². The number of hydrogen-bond donors (Lipinski definition) is 0. The van der Waals surface area contributed by atoms with Crippen molar-refractivity contribution < 1.29 is 4.57 Å². The number of rotatable bonds is 2. The summed E-state index contributed by atoms with van der Waals surface area (Å²) in [4.78, 5) is 13.4. The van der Waals surface area contributed by atoms with Crippen LogP contribution in [0.4, 0.5) is 0 Å². The van der Waals surface area contributed by atoms with E-state index in [-0.39, 0.29) is 0 Å². The molecule has 2 aromatic carbocycles. The van der Waals surface area contributed by atoms with Gasteiger partial charge in [0.15, 0.2) is 11.3 Å². The van der Waals surface area contributed by atoms with Gasteiger partial charge in [0.05, 0.1) is 18.0 Å². The third kappa shape index (κ3) is 2.33. The van der Waals surface area contributed by atoms with Gasteiger partial charge in [0.2, 0.25) is 0 Å². The molecule has 0 saturated heterocycles. The number of benzene rings is 2. The van der Waals surface area contributed by atoms with E-state index in [2.05, 4.69) is 56.8 Å². The predicted octanol–water partition coefficient (Wildman–Crippen LogP) is 3.49. The van der Waals surface area contributed by atoms with Crippen molar-refractivity contribution in [2.45, 2.75) is 6.92 Å². The molecule has 4 aromatic rings. The van der Waals surface area contributed by atoms with Crippen molar-refractivity contribution in [1.29, 1.82) is 0 Å². The molecular weight excluding hydrogens is 296 g/mol. The zero-order valence-corrected chi connectivity index (χ0v) is 13.6. The highest BCUT2D eigenvalue weighted by Gasteiger charge is 2.19. The molecule has 0 radical (unpaired) electrons. The number of para-hydroxylation sites is 1. The molecule has 2 heterocycles. The molecule has 2 aromatic heterocycles. The van der Waals surface area contributed by atoms with Crippen LogP contribution in [0, 0.1) is 6.92 Å². The van der Waals surface area contributed by atoms with Gasteiger partial charge < -0.3 is 0 Å². The van der Waals surface area contributed by atoms with Crippen molar-refractivity contribution in [2.24, 2.45) is 7.05 Å². The zero-order valence-electron chi connectivity index (χ0n) is 13.6. The Morgan fingerprint density at radius 1 is 0.792 bits per heavy atom. The quantitative estimate of drug-likeness (QED) is 0.532. The van der Waals surface area contributed by atoms with Gasteiger partial charge >= 0.3 is 0 Å². The van der Waals surface area contributed by atoms with Crippen LogP contribution in [-0.4, -0.2) is 15.0 Å². The van der Waals surface area contributed by atoms with E-state index in [1.54, 1.807) is 12.4 Å². The highest BCUT2D eigenvalue weighted by Crippen LogP contribution is 2.30. The average molecular weight is 313 g/mol. The molecule has 0 fully saturated rings. The van der Waals surface area contributed by atoms with Crippen molar-refractivity contribution in [2.75, 3.05) is 0 Å². The molecule has 116 valence electrons. The van der Waals surface area contributed by atoms with Crippen LogP contribution in [0.2, 0.25) is 0 Å². The number of aryl methyl sites for hydroxylation is 2. The molecule has 0 aliphatic carbocycles. The topological polar surface area (TPSA) is 42.6 Å². The largest absolute Gasteiger partial charge is 0.287 e. The Kier molecular flexibility index (Phi) is 3.50. The minimum atomic E-state index is 0.695. The minimum absolute atomic E-state index is 0.695. The number of hydrogen-bond acceptors (Lipinski definition) is 3. The van der Waals surface area contributed by atoms with Crippen molar-refractivity contribution in [3.05, 3.63) is 72.8 Å². The van der Waals surface area contributed by atoms with Crippen LogP contribution in [-0.2, 0) is 7.05 Å². The molecule has 4 heteroatoms. The minimum Gasteiger partial charge on any atom is -0.236 e. The van der Waals surface area contributed by atoms with Gasteiger partial charge in [0, 0.05) is 18.0 Å². The second-order valence-corrected chi connectivity index (χ2v) is 5.79. The smallest absolute Gasteiger partial charge is 0.236 e. The Bertz CT molecular complexity index is 1030. The van der Waals surface area contributed by atoms with Crippen LogP contribution in [0.3, 0.4) is 0 Å². The van der Waals surface area contributed by atoms with E-state index in [0.717, 1.165) is 22.2 Å². The summed E-state index contributed by atoms with van der Waals surface area (Å²) < 4.78 is 2.07. The molecule has 0 aliphatic rings. The van der Waals surface area contributed by atoms with Crippen LogP contribution < -0.4 is 4.57 Å². The van der Waals surface area contributed by atoms with Crippen LogP contribution in [0.15, 0.2) is 67.3 Å². The van der Waals surface area contributed by atoms with Crippen molar-refractivity contribution in [3.63, 3.8) is 0 Å². The summed E-state index contributed by atoms with van der Waals surface area (Å²) in [6.07, 6.45) is 5.37. The van der Waals surface area contributed by atoms with Gasteiger partial charge in [0.25, 0.3) is 6.33 Å². The Morgan fingerprint density at radius 3 is 2.33 bits per heavy atom. The van der Waals surface area contributed by atoms with E-state index >= 15 is 0 Å². The second-order valence-electron chi connectivity index (χ2n) is 5.79. The summed E-state index contributed by atoms with van der Waals surface area (Å²) in [6, 6.07) is 16.4. The zero-order chi connectivity index (χ0) is 16.5. The average Bonchev–Trinajstić information content (AvgIpc) is 2.63. The predicted molar refractivity (Wildman–Crippen MR) is 94.1 cm³/mol. The standard InChI is InChI=1S/C20H17N4/c1-14-7-3-4-8-15(14)19-16-9-5-10-17(18(16)23-13-24(19)2)20-21-11-6-12-22-20/h3-13H,1-2H3/q+1. The van der Waals surface area contributed by atoms with Gasteiger partial charge in [-0.1, -0.05) is 30.3 Å². The Balaban J connectivity index is 2.06. The summed E-state index contributed by atoms with van der Waals surface area (Å²) in [6.45, 7) is 2.13. The fourth-order valence-corrected chi connectivity index (χ4v) is 3.06. The first kappa shape index (κ1) is 14.5. The first-order chi connectivity index (χ1) is 11.8. The van der Waals surface area contributed by atoms with E-state index < -0.39 is 0 Å². The monoisotopic (exact) mass is 313 g/mol. The molecule has 0 unspecified atom stereocenters. The van der Waals surface area contributed by atoms with E-state index in [4.69, 9.17) is 0 Å². The highest BCUT2D eigenvalue weighted by molar-refractivity contribution is 5.98. The second kappa shape index (κ2) is 5.81. The van der Waals surface area contributed by atoms with E-state index in [9.17, 15) is 0 Å². The normalized spacial score (nSPS) is 10.9. The maximum Gasteiger partial charge on any atom is 0.287 e. The van der Waals surface area contributed by atoms with Gasteiger partial charge in [-0.2, -0.15) is 0 Å². The van der Waals surface area contributed by atoms with Crippen molar-refractivity contribution in [1.82, 2.24) is 15.0 Å². The first-order valence-electron chi connectivity index (χ1n) is 7.86. The molecule has 0 spiro atoms. The van der Waals surface area contributed by atoms with Gasteiger partial charge in [0.1, 0.15) is 5.69 Å². The molecule has 0 N–H and O–H groups in total.